The molecule has 1 fully saturated rings. The first kappa shape index (κ1) is 26.0. The fourth-order valence-corrected chi connectivity index (χ4v) is 6.29. The zero-order valence-electron chi connectivity index (χ0n) is 19.5. The second kappa shape index (κ2) is 9.26. The molecule has 0 saturated heterocycles. The molecule has 2 aliphatic rings. The van der Waals surface area contributed by atoms with Gasteiger partial charge >= 0.3 is 12.1 Å². The van der Waals surface area contributed by atoms with E-state index in [4.69, 9.17) is 4.74 Å². The van der Waals surface area contributed by atoms with Crippen LogP contribution in [0.3, 0.4) is 0 Å². The Morgan fingerprint density at radius 2 is 1.74 bits per heavy atom. The van der Waals surface area contributed by atoms with Crippen LogP contribution in [-0.4, -0.2) is 32.1 Å². The number of fused-ring (bicyclic) bond motifs is 1. The van der Waals surface area contributed by atoms with Crippen LogP contribution in [0.2, 0.25) is 0 Å². The zero-order valence-corrected chi connectivity index (χ0v) is 20.3. The Morgan fingerprint density at radius 1 is 1.00 bits per heavy atom. The fourth-order valence-electron chi connectivity index (χ4n) is 4.76. The summed E-state index contributed by atoms with van der Waals surface area (Å²) >= 11 is 0. The summed E-state index contributed by atoms with van der Waals surface area (Å²) in [5.41, 5.74) is -1.23. The first-order valence-corrected chi connectivity index (χ1v) is 13.0. The van der Waals surface area contributed by atoms with Gasteiger partial charge in [-0.05, 0) is 72.9 Å². The summed E-state index contributed by atoms with van der Waals surface area (Å²) in [7, 11) is -4.59. The number of anilines is 1. The Kier molecular flexibility index (Phi) is 6.33. The van der Waals surface area contributed by atoms with Gasteiger partial charge in [0.1, 0.15) is 23.5 Å². The summed E-state index contributed by atoms with van der Waals surface area (Å²) in [6.07, 6.45) is -5.05. The largest absolute Gasteiger partial charge is 0.486 e. The summed E-state index contributed by atoms with van der Waals surface area (Å²) in [6.45, 7) is -0.308. The minimum atomic E-state index is -4.78. The number of benzene rings is 3. The average molecular weight is 554 g/mol. The zero-order chi connectivity index (χ0) is 27.4. The first-order valence-electron chi connectivity index (χ1n) is 11.5. The van der Waals surface area contributed by atoms with Crippen LogP contribution in [0.25, 0.3) is 11.1 Å². The molecule has 1 N–H and O–H groups in total. The smallest absolute Gasteiger partial charge is 0.416 e. The summed E-state index contributed by atoms with van der Waals surface area (Å²) < 4.78 is 103. The second-order valence-corrected chi connectivity index (χ2v) is 11.2. The molecule has 6 nitrogen and oxygen atoms in total. The third-order valence-electron chi connectivity index (χ3n) is 6.89. The maximum atomic E-state index is 14.5. The lowest BCUT2D eigenvalue weighted by Crippen LogP contribution is -2.50. The molecule has 1 atom stereocenters. The number of ether oxygens (including phenoxy) is 1. The van der Waals surface area contributed by atoms with Crippen molar-refractivity contribution in [2.24, 2.45) is 11.8 Å². The van der Waals surface area contributed by atoms with Gasteiger partial charge < -0.3 is 9.84 Å². The molecule has 38 heavy (non-hydrogen) atoms. The number of carbonyl (C=O) groups is 1. The molecule has 0 aromatic heterocycles. The number of rotatable bonds is 5. The Balaban J connectivity index is 1.59. The van der Waals surface area contributed by atoms with Crippen molar-refractivity contribution in [1.29, 1.82) is 0 Å². The van der Waals surface area contributed by atoms with E-state index in [2.05, 4.69) is 0 Å². The van der Waals surface area contributed by atoms with E-state index in [-0.39, 0.29) is 47.9 Å². The monoisotopic (exact) mass is 553 g/mol. The molecule has 12 heteroatoms. The highest BCUT2D eigenvalue weighted by Gasteiger charge is 2.45. The van der Waals surface area contributed by atoms with E-state index in [0.717, 1.165) is 40.7 Å². The van der Waals surface area contributed by atoms with Crippen molar-refractivity contribution >= 4 is 21.7 Å². The lowest BCUT2D eigenvalue weighted by Gasteiger charge is -2.43. The van der Waals surface area contributed by atoms with Crippen molar-refractivity contribution < 1.29 is 45.0 Å². The highest BCUT2D eigenvalue weighted by Crippen LogP contribution is 2.45. The van der Waals surface area contributed by atoms with Crippen molar-refractivity contribution in [3.8, 4) is 16.9 Å². The Morgan fingerprint density at radius 3 is 2.42 bits per heavy atom. The molecule has 1 aliphatic heterocycles. The second-order valence-electron chi connectivity index (χ2n) is 9.29. The van der Waals surface area contributed by atoms with Gasteiger partial charge in [-0.1, -0.05) is 12.1 Å². The van der Waals surface area contributed by atoms with Crippen molar-refractivity contribution in [2.45, 2.75) is 30.0 Å². The molecule has 3 aromatic carbocycles. The normalized spacial score (nSPS) is 21.3. The SMILES string of the molecule is O=C(O)C1CC([C@H]2CN(S(=O)(=O)c3cccc(C(F)(F)F)c3)c3cc(-c4cc(F)ccc4F)ccc3O2)C1. The van der Waals surface area contributed by atoms with Gasteiger partial charge in [0.2, 0.25) is 0 Å². The number of halogens is 5. The van der Waals surface area contributed by atoms with Crippen LogP contribution in [0, 0.1) is 23.5 Å². The highest BCUT2D eigenvalue weighted by atomic mass is 32.2. The van der Waals surface area contributed by atoms with E-state index in [1.165, 1.54) is 18.2 Å². The van der Waals surface area contributed by atoms with Gasteiger partial charge in [0.05, 0.1) is 28.6 Å². The van der Waals surface area contributed by atoms with E-state index < -0.39 is 56.3 Å². The van der Waals surface area contributed by atoms with Crippen LogP contribution in [0.4, 0.5) is 27.6 Å². The molecule has 0 spiro atoms. The van der Waals surface area contributed by atoms with Gasteiger partial charge in [-0.2, -0.15) is 13.2 Å². The molecule has 3 aromatic rings. The quantitative estimate of drug-likeness (QED) is 0.409. The molecular weight excluding hydrogens is 533 g/mol. The van der Waals surface area contributed by atoms with Crippen molar-refractivity contribution in [3.05, 3.63) is 77.9 Å². The third-order valence-corrected chi connectivity index (χ3v) is 8.67. The Labute approximate surface area is 214 Å². The number of sulfonamides is 1. The van der Waals surface area contributed by atoms with Gasteiger partial charge in [0, 0.05) is 5.56 Å². The molecule has 0 bridgehead atoms. The molecule has 0 amide bonds. The number of aliphatic carboxylic acids is 1. The predicted molar refractivity (Wildman–Crippen MR) is 126 cm³/mol. The highest BCUT2D eigenvalue weighted by molar-refractivity contribution is 7.92. The first-order chi connectivity index (χ1) is 17.8. The lowest BCUT2D eigenvalue weighted by atomic mass is 9.72. The number of nitrogens with zero attached hydrogens (tertiary/aromatic N) is 1. The van der Waals surface area contributed by atoms with E-state index in [1.54, 1.807) is 0 Å². The van der Waals surface area contributed by atoms with Crippen LogP contribution in [-0.2, 0) is 21.0 Å². The molecule has 0 unspecified atom stereocenters. The lowest BCUT2D eigenvalue weighted by molar-refractivity contribution is -0.147. The molecular formula is C26H20F5NO5S. The van der Waals surface area contributed by atoms with Crippen LogP contribution in [0.5, 0.6) is 5.75 Å². The summed E-state index contributed by atoms with van der Waals surface area (Å²) in [6, 6.07) is 10.1. The van der Waals surface area contributed by atoms with E-state index >= 15 is 0 Å². The average Bonchev–Trinajstić information content (AvgIpc) is 2.83. The summed E-state index contributed by atoms with van der Waals surface area (Å²) in [5.74, 6) is -3.30. The minimum absolute atomic E-state index is 0.0612. The Bertz CT molecular complexity index is 1520. The maximum absolute atomic E-state index is 14.5. The summed E-state index contributed by atoms with van der Waals surface area (Å²) in [5, 5.41) is 9.21. The number of alkyl halides is 3. The van der Waals surface area contributed by atoms with Gasteiger partial charge in [0.15, 0.2) is 0 Å². The molecule has 1 saturated carbocycles. The van der Waals surface area contributed by atoms with E-state index in [9.17, 15) is 40.3 Å². The number of hydrogen-bond acceptors (Lipinski definition) is 4. The maximum Gasteiger partial charge on any atom is 0.416 e. The molecule has 1 heterocycles. The van der Waals surface area contributed by atoms with Gasteiger partial charge in [-0.25, -0.2) is 17.2 Å². The van der Waals surface area contributed by atoms with Crippen LogP contribution >= 0.6 is 0 Å². The molecule has 5 rings (SSSR count). The summed E-state index contributed by atoms with van der Waals surface area (Å²) in [4.78, 5) is 10.6. The van der Waals surface area contributed by atoms with Gasteiger partial charge in [-0.3, -0.25) is 9.10 Å². The molecule has 200 valence electrons. The van der Waals surface area contributed by atoms with E-state index in [0.29, 0.717) is 6.07 Å². The van der Waals surface area contributed by atoms with Crippen LogP contribution in [0.1, 0.15) is 18.4 Å². The van der Waals surface area contributed by atoms with Crippen LogP contribution in [0.15, 0.2) is 65.6 Å². The molecule has 0 radical (unpaired) electrons. The number of carboxylic acids is 1. The topological polar surface area (TPSA) is 83.9 Å². The number of carboxylic acid groups (broad SMARTS) is 1. The number of hydrogen-bond donors (Lipinski definition) is 1. The van der Waals surface area contributed by atoms with E-state index in [1.807, 2.05) is 0 Å². The fraction of sp³-hybridized carbons (Fsp3) is 0.269. The Hall–Kier alpha value is -3.67. The standard InChI is InChI=1S/C26H20F5NO5S/c27-18-5-6-21(28)20(12-18)14-4-7-23-22(10-14)32(13-24(37-23)15-8-16(9-15)25(33)34)38(35,36)19-3-1-2-17(11-19)26(29,30)31/h1-7,10-12,15-16,24H,8-9,13H2,(H,33,34)/t15?,16?,24-/m1/s1. The van der Waals surface area contributed by atoms with Gasteiger partial charge in [-0.15, -0.1) is 0 Å². The van der Waals surface area contributed by atoms with Crippen molar-refractivity contribution in [3.63, 3.8) is 0 Å². The van der Waals surface area contributed by atoms with Gasteiger partial charge in [0.25, 0.3) is 10.0 Å². The predicted octanol–water partition coefficient (Wildman–Crippen LogP) is 5.72. The third kappa shape index (κ3) is 4.68. The van der Waals surface area contributed by atoms with Crippen molar-refractivity contribution in [2.75, 3.05) is 10.8 Å². The van der Waals surface area contributed by atoms with Crippen molar-refractivity contribution in [1.82, 2.24) is 0 Å². The molecule has 1 aliphatic carbocycles. The minimum Gasteiger partial charge on any atom is -0.486 e. The van der Waals surface area contributed by atoms with Crippen LogP contribution < -0.4 is 9.04 Å².